The number of hydrogen-bond acceptors (Lipinski definition) is 9. The first kappa shape index (κ1) is 27.6. The number of carboxylic acids is 1. The van der Waals surface area contributed by atoms with Crippen molar-refractivity contribution in [2.45, 2.75) is 25.8 Å². The van der Waals surface area contributed by atoms with Crippen LogP contribution in [0.4, 0.5) is 4.79 Å². The van der Waals surface area contributed by atoms with Gasteiger partial charge in [0.25, 0.3) is 5.91 Å². The smallest absolute Gasteiger partial charge is 0.409 e. The highest BCUT2D eigenvalue weighted by Crippen LogP contribution is 2.24. The molecule has 1 aliphatic rings. The molecule has 2 aromatic heterocycles. The summed E-state index contributed by atoms with van der Waals surface area (Å²) in [6, 6.07) is 9.55. The molecule has 13 heteroatoms. The summed E-state index contributed by atoms with van der Waals surface area (Å²) in [5, 5.41) is 14.3. The first-order valence-corrected chi connectivity index (χ1v) is 13.3. The van der Waals surface area contributed by atoms with Gasteiger partial charge in [0.15, 0.2) is 5.82 Å². The van der Waals surface area contributed by atoms with Crippen molar-refractivity contribution >= 4 is 35.2 Å². The summed E-state index contributed by atoms with van der Waals surface area (Å²) in [7, 11) is 0. The molecule has 204 valence electrons. The molecule has 12 nitrogen and oxygen atoms in total. The Morgan fingerprint density at radius 2 is 1.79 bits per heavy atom. The van der Waals surface area contributed by atoms with E-state index in [9.17, 15) is 24.3 Å². The fourth-order valence-corrected chi connectivity index (χ4v) is 4.64. The molecule has 3 aromatic rings. The number of carbonyl (C=O) groups is 4. The van der Waals surface area contributed by atoms with Gasteiger partial charge in [-0.3, -0.25) is 14.4 Å². The van der Waals surface area contributed by atoms with Crippen molar-refractivity contribution in [3.8, 4) is 22.1 Å². The lowest BCUT2D eigenvalue weighted by Gasteiger charge is -2.35. The van der Waals surface area contributed by atoms with E-state index in [-0.39, 0.29) is 51.3 Å². The molecule has 1 saturated heterocycles. The third kappa shape index (κ3) is 7.13. The van der Waals surface area contributed by atoms with E-state index in [1.165, 1.54) is 27.2 Å². The average Bonchev–Trinajstić information content (AvgIpc) is 3.50. The number of nitrogens with one attached hydrogen (secondary N) is 1. The summed E-state index contributed by atoms with van der Waals surface area (Å²) in [6.45, 7) is 2.98. The highest BCUT2D eigenvalue weighted by molar-refractivity contribution is 7.13. The van der Waals surface area contributed by atoms with Crippen molar-refractivity contribution in [1.82, 2.24) is 30.1 Å². The van der Waals surface area contributed by atoms with E-state index in [2.05, 4.69) is 20.3 Å². The van der Waals surface area contributed by atoms with Gasteiger partial charge >= 0.3 is 12.1 Å². The van der Waals surface area contributed by atoms with Crippen LogP contribution in [0.15, 0.2) is 48.0 Å². The van der Waals surface area contributed by atoms with Crippen LogP contribution in [0.5, 0.6) is 0 Å². The number of carboxylic acid groups (broad SMARTS) is 1. The Morgan fingerprint density at radius 1 is 1.08 bits per heavy atom. The molecule has 1 unspecified atom stereocenters. The molecule has 0 radical (unpaired) electrons. The Labute approximate surface area is 228 Å². The Bertz CT molecular complexity index is 1310. The topological polar surface area (TPSA) is 155 Å². The molecule has 0 bridgehead atoms. The minimum atomic E-state index is -1.10. The maximum absolute atomic E-state index is 13.4. The van der Waals surface area contributed by atoms with E-state index in [0.717, 1.165) is 0 Å². The Kier molecular flexibility index (Phi) is 9.15. The van der Waals surface area contributed by atoms with Gasteiger partial charge in [0.1, 0.15) is 22.4 Å². The molecule has 0 saturated carbocycles. The first-order valence-electron chi connectivity index (χ1n) is 12.4. The van der Waals surface area contributed by atoms with Gasteiger partial charge in [-0.15, -0.1) is 11.3 Å². The van der Waals surface area contributed by atoms with Crippen LogP contribution in [0.1, 0.15) is 30.3 Å². The number of benzene rings is 1. The number of hydrogen-bond donors (Lipinski definition) is 2. The number of rotatable bonds is 9. The van der Waals surface area contributed by atoms with Crippen LogP contribution in [0.25, 0.3) is 22.1 Å². The number of ether oxygens (including phenoxy) is 1. The van der Waals surface area contributed by atoms with Gasteiger partial charge in [-0.25, -0.2) is 19.7 Å². The Hall–Kier alpha value is -4.39. The third-order valence-electron chi connectivity index (χ3n) is 6.01. The van der Waals surface area contributed by atoms with Crippen LogP contribution in [0, 0.1) is 0 Å². The van der Waals surface area contributed by atoms with E-state index in [1.807, 2.05) is 30.3 Å². The zero-order valence-corrected chi connectivity index (χ0v) is 22.1. The molecule has 2 N–H and O–H groups in total. The van der Waals surface area contributed by atoms with Gasteiger partial charge in [-0.05, 0) is 19.4 Å². The lowest BCUT2D eigenvalue weighted by atomic mass is 10.1. The maximum Gasteiger partial charge on any atom is 0.409 e. The van der Waals surface area contributed by atoms with Gasteiger partial charge in [-0.2, -0.15) is 0 Å². The SMILES string of the molecule is CCOC(=O)N1CCN(C(=O)C(CCC(=O)O)NC(=O)c2cc(-c3nccs3)nc(-c3ccccc3)n2)CC1. The van der Waals surface area contributed by atoms with Crippen molar-refractivity contribution in [3.05, 3.63) is 53.7 Å². The molecule has 3 amide bonds. The second-order valence-corrected chi connectivity index (χ2v) is 9.53. The summed E-state index contributed by atoms with van der Waals surface area (Å²) in [6.07, 6.45) is 0.762. The van der Waals surface area contributed by atoms with Crippen molar-refractivity contribution in [2.24, 2.45) is 0 Å². The summed E-state index contributed by atoms with van der Waals surface area (Å²) in [5.41, 5.74) is 1.17. The minimum Gasteiger partial charge on any atom is -0.481 e. The normalized spacial score (nSPS) is 14.0. The number of carbonyl (C=O) groups excluding carboxylic acids is 3. The average molecular weight is 553 g/mol. The van der Waals surface area contributed by atoms with E-state index >= 15 is 0 Å². The Morgan fingerprint density at radius 3 is 2.44 bits per heavy atom. The second kappa shape index (κ2) is 12.9. The monoisotopic (exact) mass is 552 g/mol. The van der Waals surface area contributed by atoms with Gasteiger partial charge in [0.2, 0.25) is 5.91 Å². The van der Waals surface area contributed by atoms with E-state index in [0.29, 0.717) is 22.1 Å². The molecule has 0 spiro atoms. The molecular weight excluding hydrogens is 524 g/mol. The molecule has 3 heterocycles. The number of aliphatic carboxylic acids is 1. The first-order chi connectivity index (χ1) is 18.9. The molecule has 1 aromatic carbocycles. The lowest BCUT2D eigenvalue weighted by Crippen LogP contribution is -2.56. The fraction of sp³-hybridized carbons (Fsp3) is 0.346. The van der Waals surface area contributed by atoms with Crippen LogP contribution in [-0.2, 0) is 14.3 Å². The van der Waals surface area contributed by atoms with Crippen LogP contribution in [0.3, 0.4) is 0 Å². The molecule has 1 fully saturated rings. The zero-order chi connectivity index (χ0) is 27.8. The third-order valence-corrected chi connectivity index (χ3v) is 6.81. The lowest BCUT2D eigenvalue weighted by molar-refractivity contribution is -0.138. The second-order valence-electron chi connectivity index (χ2n) is 8.64. The van der Waals surface area contributed by atoms with Crippen molar-refractivity contribution in [3.63, 3.8) is 0 Å². The molecule has 1 atom stereocenters. The van der Waals surface area contributed by atoms with Crippen LogP contribution in [0.2, 0.25) is 0 Å². The van der Waals surface area contributed by atoms with Crippen LogP contribution < -0.4 is 5.32 Å². The van der Waals surface area contributed by atoms with Gasteiger partial charge in [0.05, 0.1) is 6.61 Å². The minimum absolute atomic E-state index is 0.0225. The summed E-state index contributed by atoms with van der Waals surface area (Å²) in [5.74, 6) is -1.84. The largest absolute Gasteiger partial charge is 0.481 e. The fourth-order valence-electron chi connectivity index (χ4n) is 4.04. The summed E-state index contributed by atoms with van der Waals surface area (Å²) in [4.78, 5) is 66.4. The number of piperazine rings is 1. The van der Waals surface area contributed by atoms with Gasteiger partial charge in [-0.1, -0.05) is 30.3 Å². The molecular formula is C26H28N6O6S. The van der Waals surface area contributed by atoms with Gasteiger partial charge < -0.3 is 25.0 Å². The predicted molar refractivity (Wildman–Crippen MR) is 142 cm³/mol. The van der Waals surface area contributed by atoms with Gasteiger partial charge in [0, 0.05) is 49.7 Å². The summed E-state index contributed by atoms with van der Waals surface area (Å²) >= 11 is 1.36. The zero-order valence-electron chi connectivity index (χ0n) is 21.3. The van der Waals surface area contributed by atoms with Crippen LogP contribution >= 0.6 is 11.3 Å². The number of nitrogens with zero attached hydrogens (tertiary/aromatic N) is 5. The summed E-state index contributed by atoms with van der Waals surface area (Å²) < 4.78 is 5.01. The highest BCUT2D eigenvalue weighted by Gasteiger charge is 2.31. The van der Waals surface area contributed by atoms with Crippen LogP contribution in [-0.4, -0.2) is 92.6 Å². The standard InChI is InChI=1S/C26H28N6O6S/c1-2-38-26(37)32-13-11-31(12-14-32)25(36)18(8-9-21(33)34)30-23(35)19-16-20(24-27-10-15-39-24)29-22(28-19)17-6-4-3-5-7-17/h3-7,10,15-16,18H,2,8-9,11-14H2,1H3,(H,30,35)(H,33,34). The van der Waals surface area contributed by atoms with E-state index in [1.54, 1.807) is 18.5 Å². The quantitative estimate of drug-likeness (QED) is 0.407. The Balaban J connectivity index is 1.55. The number of thiazole rings is 1. The van der Waals surface area contributed by atoms with E-state index < -0.39 is 29.9 Å². The maximum atomic E-state index is 13.4. The molecule has 39 heavy (non-hydrogen) atoms. The predicted octanol–water partition coefficient (Wildman–Crippen LogP) is 2.53. The molecule has 4 rings (SSSR count). The van der Waals surface area contributed by atoms with Crippen molar-refractivity contribution < 1.29 is 29.0 Å². The van der Waals surface area contributed by atoms with E-state index in [4.69, 9.17) is 4.74 Å². The highest BCUT2D eigenvalue weighted by atomic mass is 32.1. The van der Waals surface area contributed by atoms with Crippen molar-refractivity contribution in [1.29, 1.82) is 0 Å². The van der Waals surface area contributed by atoms with Crippen molar-refractivity contribution in [2.75, 3.05) is 32.8 Å². The molecule has 0 aliphatic carbocycles. The number of aromatic nitrogens is 3. The number of amides is 3. The molecule has 1 aliphatic heterocycles.